The summed E-state index contributed by atoms with van der Waals surface area (Å²) in [6.07, 6.45) is 3.52. The summed E-state index contributed by atoms with van der Waals surface area (Å²) in [7, 11) is 1.39. The highest BCUT2D eigenvalue weighted by Gasteiger charge is 2.30. The van der Waals surface area contributed by atoms with Crippen LogP contribution in [0.5, 0.6) is 0 Å². The van der Waals surface area contributed by atoms with Crippen LogP contribution in [0.25, 0.3) is 0 Å². The number of likely N-dealkylation sites (tertiary alicyclic amines) is 1. The molecule has 0 saturated carbocycles. The summed E-state index contributed by atoms with van der Waals surface area (Å²) in [4.78, 5) is 26.0. The van der Waals surface area contributed by atoms with Crippen LogP contribution in [0.4, 0.5) is 0 Å². The van der Waals surface area contributed by atoms with Gasteiger partial charge in [0.25, 0.3) is 5.91 Å². The lowest BCUT2D eigenvalue weighted by Crippen LogP contribution is -2.43. The van der Waals surface area contributed by atoms with E-state index < -0.39 is 0 Å². The van der Waals surface area contributed by atoms with Gasteiger partial charge >= 0.3 is 5.97 Å². The molecule has 6 heteroatoms. The molecule has 0 aliphatic carbocycles. The number of rotatable bonds is 3. The summed E-state index contributed by atoms with van der Waals surface area (Å²) in [6, 6.07) is 1.83. The van der Waals surface area contributed by atoms with Gasteiger partial charge in [0.1, 0.15) is 5.69 Å². The van der Waals surface area contributed by atoms with Gasteiger partial charge in [0.05, 0.1) is 13.0 Å². The van der Waals surface area contributed by atoms with E-state index in [-0.39, 0.29) is 17.8 Å². The van der Waals surface area contributed by atoms with E-state index in [2.05, 4.69) is 15.9 Å². The maximum Gasteiger partial charge on any atom is 0.310 e. The molecule has 1 aliphatic heterocycles. The Kier molecular flexibility index (Phi) is 4.86. The monoisotopic (exact) mass is 342 g/mol. The average molecular weight is 343 g/mol. The Morgan fingerprint density at radius 3 is 2.90 bits per heavy atom. The molecule has 1 aromatic heterocycles. The molecule has 1 saturated heterocycles. The van der Waals surface area contributed by atoms with Gasteiger partial charge in [0, 0.05) is 30.3 Å². The maximum absolute atomic E-state index is 12.6. The first kappa shape index (κ1) is 15.1. The normalized spacial score (nSPS) is 18.9. The number of methoxy groups -OCH3 is 1. The molecule has 1 atom stereocenters. The predicted octanol–water partition coefficient (Wildman–Crippen LogP) is 2.30. The SMILES string of the molecule is CCn1cc(Br)cc1C(=O)N1CCCC(C(=O)OC)C1. The minimum absolute atomic E-state index is 0.0221. The smallest absolute Gasteiger partial charge is 0.310 e. The largest absolute Gasteiger partial charge is 0.469 e. The molecule has 2 heterocycles. The second kappa shape index (κ2) is 6.43. The van der Waals surface area contributed by atoms with Gasteiger partial charge in [-0.25, -0.2) is 0 Å². The Hall–Kier alpha value is -1.30. The van der Waals surface area contributed by atoms with E-state index in [4.69, 9.17) is 4.74 Å². The van der Waals surface area contributed by atoms with Crippen molar-refractivity contribution in [3.8, 4) is 0 Å². The molecule has 0 aromatic carbocycles. The number of amides is 1. The Bertz CT molecular complexity index is 513. The minimum atomic E-state index is -0.227. The molecule has 110 valence electrons. The van der Waals surface area contributed by atoms with E-state index in [1.165, 1.54) is 7.11 Å². The number of ether oxygens (including phenoxy) is 1. The van der Waals surface area contributed by atoms with Gasteiger partial charge in [-0.2, -0.15) is 0 Å². The summed E-state index contributed by atoms with van der Waals surface area (Å²) in [5.74, 6) is -0.452. The highest BCUT2D eigenvalue weighted by atomic mass is 79.9. The van der Waals surface area contributed by atoms with E-state index in [1.807, 2.05) is 23.8 Å². The molecule has 0 spiro atoms. The van der Waals surface area contributed by atoms with Crippen LogP contribution in [0.15, 0.2) is 16.7 Å². The van der Waals surface area contributed by atoms with Crippen LogP contribution in [0.1, 0.15) is 30.3 Å². The molecule has 5 nitrogen and oxygen atoms in total. The quantitative estimate of drug-likeness (QED) is 0.792. The number of carbonyl (C=O) groups is 2. The van der Waals surface area contributed by atoms with Gasteiger partial charge in [0.15, 0.2) is 0 Å². The van der Waals surface area contributed by atoms with Crippen LogP contribution < -0.4 is 0 Å². The van der Waals surface area contributed by atoms with Gasteiger partial charge in [-0.3, -0.25) is 9.59 Å². The summed E-state index contributed by atoms with van der Waals surface area (Å²) in [6.45, 7) is 3.87. The molecule has 1 aliphatic rings. The average Bonchev–Trinajstić information content (AvgIpc) is 2.86. The zero-order valence-corrected chi connectivity index (χ0v) is 13.4. The zero-order valence-electron chi connectivity index (χ0n) is 11.8. The van der Waals surface area contributed by atoms with Crippen molar-refractivity contribution in [2.45, 2.75) is 26.3 Å². The fourth-order valence-corrected chi connectivity index (χ4v) is 3.06. The second-order valence-corrected chi connectivity index (χ2v) is 5.86. The third-order valence-corrected chi connectivity index (χ3v) is 4.10. The summed E-state index contributed by atoms with van der Waals surface area (Å²) in [5, 5.41) is 0. The third-order valence-electron chi connectivity index (χ3n) is 3.67. The van der Waals surface area contributed by atoms with E-state index in [0.717, 1.165) is 23.9 Å². The first-order chi connectivity index (χ1) is 9.56. The number of hydrogen-bond donors (Lipinski definition) is 0. The molecule has 20 heavy (non-hydrogen) atoms. The highest BCUT2D eigenvalue weighted by Crippen LogP contribution is 2.22. The Morgan fingerprint density at radius 2 is 2.25 bits per heavy atom. The minimum Gasteiger partial charge on any atom is -0.469 e. The van der Waals surface area contributed by atoms with Crippen LogP contribution in [0.2, 0.25) is 0 Å². The van der Waals surface area contributed by atoms with Gasteiger partial charge in [-0.15, -0.1) is 0 Å². The Morgan fingerprint density at radius 1 is 1.50 bits per heavy atom. The molecule has 0 N–H and O–H groups in total. The molecule has 1 unspecified atom stereocenters. The summed E-state index contributed by atoms with van der Waals surface area (Å²) in [5.41, 5.74) is 0.657. The van der Waals surface area contributed by atoms with Gasteiger partial charge < -0.3 is 14.2 Å². The maximum atomic E-state index is 12.6. The fraction of sp³-hybridized carbons (Fsp3) is 0.571. The number of esters is 1. The van der Waals surface area contributed by atoms with Crippen LogP contribution >= 0.6 is 15.9 Å². The lowest BCUT2D eigenvalue weighted by atomic mass is 9.98. The van der Waals surface area contributed by atoms with Crippen molar-refractivity contribution < 1.29 is 14.3 Å². The topological polar surface area (TPSA) is 51.5 Å². The van der Waals surface area contributed by atoms with Gasteiger partial charge in [-0.1, -0.05) is 0 Å². The van der Waals surface area contributed by atoms with E-state index in [0.29, 0.717) is 18.8 Å². The Balaban J connectivity index is 2.14. The van der Waals surface area contributed by atoms with Crippen LogP contribution in [-0.2, 0) is 16.1 Å². The summed E-state index contributed by atoms with van der Waals surface area (Å²) >= 11 is 3.40. The molecule has 2 rings (SSSR count). The first-order valence-corrected chi connectivity index (χ1v) is 7.59. The standard InChI is InChI=1S/C14H19BrN2O3/c1-3-16-9-11(15)7-12(16)13(18)17-6-4-5-10(8-17)14(19)20-2/h7,9-10H,3-6,8H2,1-2H3. The van der Waals surface area contributed by atoms with Crippen LogP contribution in [0.3, 0.4) is 0 Å². The predicted molar refractivity (Wildman–Crippen MR) is 78.4 cm³/mol. The lowest BCUT2D eigenvalue weighted by Gasteiger charge is -2.31. The van der Waals surface area contributed by atoms with Crippen molar-refractivity contribution in [3.05, 3.63) is 22.4 Å². The van der Waals surface area contributed by atoms with Crippen molar-refractivity contribution in [1.82, 2.24) is 9.47 Å². The lowest BCUT2D eigenvalue weighted by molar-refractivity contribution is -0.146. The number of hydrogen-bond acceptors (Lipinski definition) is 3. The molecule has 0 radical (unpaired) electrons. The van der Waals surface area contributed by atoms with E-state index in [1.54, 1.807) is 4.90 Å². The number of carbonyl (C=O) groups excluding carboxylic acids is 2. The van der Waals surface area contributed by atoms with Gasteiger partial charge in [0.2, 0.25) is 0 Å². The molecule has 1 aromatic rings. The van der Waals surface area contributed by atoms with Gasteiger partial charge in [-0.05, 0) is 41.8 Å². The van der Waals surface area contributed by atoms with Crippen molar-refractivity contribution >= 4 is 27.8 Å². The van der Waals surface area contributed by atoms with Crippen molar-refractivity contribution in [2.75, 3.05) is 20.2 Å². The molecular formula is C14H19BrN2O3. The number of aryl methyl sites for hydroxylation is 1. The van der Waals surface area contributed by atoms with E-state index >= 15 is 0 Å². The summed E-state index contributed by atoms with van der Waals surface area (Å²) < 4.78 is 7.59. The zero-order chi connectivity index (χ0) is 14.7. The highest BCUT2D eigenvalue weighted by molar-refractivity contribution is 9.10. The number of nitrogens with zero attached hydrogens (tertiary/aromatic N) is 2. The van der Waals surface area contributed by atoms with E-state index in [9.17, 15) is 9.59 Å². The third kappa shape index (κ3) is 3.06. The number of halogens is 1. The molecular weight excluding hydrogens is 324 g/mol. The van der Waals surface area contributed by atoms with Crippen LogP contribution in [-0.4, -0.2) is 41.5 Å². The molecule has 1 amide bonds. The van der Waals surface area contributed by atoms with Crippen molar-refractivity contribution in [3.63, 3.8) is 0 Å². The fourth-order valence-electron chi connectivity index (χ4n) is 2.60. The molecule has 1 fully saturated rings. The van der Waals surface area contributed by atoms with Crippen LogP contribution in [0, 0.1) is 5.92 Å². The number of piperidine rings is 1. The number of aromatic nitrogens is 1. The van der Waals surface area contributed by atoms with Crippen molar-refractivity contribution in [2.24, 2.45) is 5.92 Å². The Labute approximate surface area is 127 Å². The van der Waals surface area contributed by atoms with Crippen molar-refractivity contribution in [1.29, 1.82) is 0 Å². The second-order valence-electron chi connectivity index (χ2n) is 4.94. The molecule has 0 bridgehead atoms. The first-order valence-electron chi connectivity index (χ1n) is 6.79.